The van der Waals surface area contributed by atoms with Crippen LogP contribution >= 0.6 is 0 Å². The lowest BCUT2D eigenvalue weighted by Crippen LogP contribution is -2.47. The highest BCUT2D eigenvalue weighted by Crippen LogP contribution is 2.32. The van der Waals surface area contributed by atoms with Crippen LogP contribution in [0.25, 0.3) is 0 Å². The first-order valence-corrected chi connectivity index (χ1v) is 13.7. The molecular formula is C32H38N2O6. The van der Waals surface area contributed by atoms with Gasteiger partial charge in [0, 0.05) is 19.4 Å². The lowest BCUT2D eigenvalue weighted by molar-refractivity contribution is -0.127. The minimum absolute atomic E-state index is 0.0840. The summed E-state index contributed by atoms with van der Waals surface area (Å²) in [6.07, 6.45) is -1.11. The first kappa shape index (κ1) is 29.3. The number of benzene rings is 3. The van der Waals surface area contributed by atoms with Crippen molar-refractivity contribution < 1.29 is 29.3 Å². The number of aliphatic hydroxyl groups is 2. The van der Waals surface area contributed by atoms with Crippen LogP contribution in [0.1, 0.15) is 34.7 Å². The van der Waals surface area contributed by atoms with Gasteiger partial charge in [-0.3, -0.25) is 4.79 Å². The molecule has 1 aliphatic carbocycles. The molecule has 212 valence electrons. The van der Waals surface area contributed by atoms with Gasteiger partial charge in [-0.05, 0) is 41.5 Å². The molecule has 8 nitrogen and oxygen atoms in total. The van der Waals surface area contributed by atoms with Gasteiger partial charge in [-0.1, -0.05) is 84.9 Å². The molecule has 1 aliphatic rings. The van der Waals surface area contributed by atoms with E-state index in [4.69, 9.17) is 9.47 Å². The summed E-state index contributed by atoms with van der Waals surface area (Å²) in [6, 6.07) is 25.6. The van der Waals surface area contributed by atoms with Crippen molar-refractivity contribution in [2.24, 2.45) is 5.92 Å². The molecule has 3 aromatic rings. The quantitative estimate of drug-likeness (QED) is 0.244. The molecule has 0 aliphatic heterocycles. The van der Waals surface area contributed by atoms with Gasteiger partial charge in [0.1, 0.15) is 6.61 Å². The van der Waals surface area contributed by atoms with Gasteiger partial charge in [0.05, 0.1) is 30.9 Å². The van der Waals surface area contributed by atoms with Gasteiger partial charge in [0.2, 0.25) is 5.91 Å². The van der Waals surface area contributed by atoms with Crippen LogP contribution in [0.5, 0.6) is 0 Å². The van der Waals surface area contributed by atoms with E-state index in [1.54, 1.807) is 0 Å². The second-order valence-corrected chi connectivity index (χ2v) is 10.2. The first-order valence-electron chi connectivity index (χ1n) is 13.7. The predicted molar refractivity (Wildman–Crippen MR) is 152 cm³/mol. The van der Waals surface area contributed by atoms with Crippen LogP contribution in [0.2, 0.25) is 0 Å². The van der Waals surface area contributed by atoms with Crippen LogP contribution in [0.3, 0.4) is 0 Å². The number of rotatable bonds is 13. The third-order valence-electron chi connectivity index (χ3n) is 7.31. The molecule has 2 amide bonds. The molecule has 5 unspecified atom stereocenters. The van der Waals surface area contributed by atoms with Crippen molar-refractivity contribution >= 4 is 12.0 Å². The SMILES string of the molecule is COCCOC(=O)NC(Cc1ccccc1)C(O)CC(Cc1ccccc1)C(=O)NC1c2ccccc2CC1O. The van der Waals surface area contributed by atoms with E-state index in [1.165, 1.54) is 7.11 Å². The van der Waals surface area contributed by atoms with Crippen molar-refractivity contribution in [3.05, 3.63) is 107 Å². The summed E-state index contributed by atoms with van der Waals surface area (Å²) in [6.45, 7) is 0.343. The second kappa shape index (κ2) is 14.6. The normalized spacial score (nSPS) is 18.3. The number of carbonyl (C=O) groups is 2. The molecule has 0 spiro atoms. The molecule has 0 saturated carbocycles. The highest BCUT2D eigenvalue weighted by atomic mass is 16.6. The number of carbonyl (C=O) groups excluding carboxylic acids is 2. The number of hydrogen-bond donors (Lipinski definition) is 4. The van der Waals surface area contributed by atoms with Crippen molar-refractivity contribution in [1.82, 2.24) is 10.6 Å². The van der Waals surface area contributed by atoms with Crippen LogP contribution in [0.15, 0.2) is 84.9 Å². The van der Waals surface area contributed by atoms with E-state index in [0.717, 1.165) is 22.3 Å². The number of aliphatic hydroxyl groups excluding tert-OH is 2. The van der Waals surface area contributed by atoms with Crippen molar-refractivity contribution in [2.45, 2.75) is 50.0 Å². The van der Waals surface area contributed by atoms with Gasteiger partial charge in [0.15, 0.2) is 0 Å². The number of methoxy groups -OCH3 is 1. The zero-order valence-corrected chi connectivity index (χ0v) is 22.7. The smallest absolute Gasteiger partial charge is 0.407 e. The van der Waals surface area contributed by atoms with E-state index in [-0.39, 0.29) is 25.5 Å². The largest absolute Gasteiger partial charge is 0.447 e. The van der Waals surface area contributed by atoms with Crippen molar-refractivity contribution in [1.29, 1.82) is 0 Å². The lowest BCUT2D eigenvalue weighted by Gasteiger charge is -2.28. The Bertz CT molecular complexity index is 1220. The molecule has 3 aromatic carbocycles. The maximum Gasteiger partial charge on any atom is 0.407 e. The summed E-state index contributed by atoms with van der Waals surface area (Å²) in [4.78, 5) is 26.2. The Morgan fingerprint density at radius 1 is 0.900 bits per heavy atom. The molecule has 4 N–H and O–H groups in total. The summed E-state index contributed by atoms with van der Waals surface area (Å²) >= 11 is 0. The van der Waals surface area contributed by atoms with Gasteiger partial charge < -0.3 is 30.3 Å². The molecule has 0 radical (unpaired) electrons. The van der Waals surface area contributed by atoms with Gasteiger partial charge >= 0.3 is 6.09 Å². The zero-order chi connectivity index (χ0) is 28.3. The molecule has 0 fully saturated rings. The molecule has 0 bridgehead atoms. The Balaban J connectivity index is 1.52. The van der Waals surface area contributed by atoms with Gasteiger partial charge in [0.25, 0.3) is 0 Å². The summed E-state index contributed by atoms with van der Waals surface area (Å²) < 4.78 is 10.1. The summed E-state index contributed by atoms with van der Waals surface area (Å²) in [5.41, 5.74) is 3.80. The van der Waals surface area contributed by atoms with Crippen molar-refractivity contribution in [3.8, 4) is 0 Å². The number of fused-ring (bicyclic) bond motifs is 1. The fourth-order valence-corrected chi connectivity index (χ4v) is 5.22. The first-order chi connectivity index (χ1) is 19.4. The lowest BCUT2D eigenvalue weighted by atomic mass is 9.88. The van der Waals surface area contributed by atoms with Gasteiger partial charge in [-0.25, -0.2) is 4.79 Å². The second-order valence-electron chi connectivity index (χ2n) is 10.2. The average molecular weight is 547 g/mol. The standard InChI is InChI=1S/C32H38N2O6/c1-39-16-17-40-32(38)33-27(19-23-12-6-3-7-13-23)28(35)21-25(18-22-10-4-2-5-11-22)31(37)34-30-26-15-9-8-14-24(26)20-29(30)36/h2-15,25,27-30,35-36H,16-21H2,1H3,(H,33,38)(H,34,37). The van der Waals surface area contributed by atoms with E-state index in [2.05, 4.69) is 10.6 Å². The van der Waals surface area contributed by atoms with E-state index in [9.17, 15) is 19.8 Å². The molecular weight excluding hydrogens is 508 g/mol. The molecule has 0 saturated heterocycles. The minimum Gasteiger partial charge on any atom is -0.447 e. The zero-order valence-electron chi connectivity index (χ0n) is 22.7. The van der Waals surface area contributed by atoms with Crippen LogP contribution in [-0.2, 0) is 33.5 Å². The summed E-state index contributed by atoms with van der Waals surface area (Å²) in [5, 5.41) is 28.0. The maximum atomic E-state index is 13.7. The van der Waals surface area contributed by atoms with Crippen molar-refractivity contribution in [2.75, 3.05) is 20.3 Å². The summed E-state index contributed by atoms with van der Waals surface area (Å²) in [7, 11) is 1.52. The number of alkyl carbamates (subject to hydrolysis) is 1. The van der Waals surface area contributed by atoms with E-state index >= 15 is 0 Å². The highest BCUT2D eigenvalue weighted by Gasteiger charge is 2.35. The van der Waals surface area contributed by atoms with Crippen LogP contribution < -0.4 is 10.6 Å². The highest BCUT2D eigenvalue weighted by molar-refractivity contribution is 5.80. The van der Waals surface area contributed by atoms with E-state index < -0.39 is 36.3 Å². The van der Waals surface area contributed by atoms with Gasteiger partial charge in [-0.15, -0.1) is 0 Å². The molecule has 4 rings (SSSR count). The minimum atomic E-state index is -1.05. The topological polar surface area (TPSA) is 117 Å². The van der Waals surface area contributed by atoms with Crippen LogP contribution in [-0.4, -0.2) is 60.8 Å². The average Bonchev–Trinajstić information content (AvgIpc) is 3.28. The maximum absolute atomic E-state index is 13.7. The number of hydrogen-bond acceptors (Lipinski definition) is 6. The van der Waals surface area contributed by atoms with E-state index in [1.807, 2.05) is 84.9 Å². The Kier molecular flexibility index (Phi) is 10.7. The molecule has 5 atom stereocenters. The van der Waals surface area contributed by atoms with E-state index in [0.29, 0.717) is 19.3 Å². The van der Waals surface area contributed by atoms with Crippen LogP contribution in [0.4, 0.5) is 4.79 Å². The third-order valence-corrected chi connectivity index (χ3v) is 7.31. The predicted octanol–water partition coefficient (Wildman–Crippen LogP) is 3.35. The number of nitrogens with one attached hydrogen (secondary N) is 2. The number of ether oxygens (including phenoxy) is 2. The fraction of sp³-hybridized carbons (Fsp3) is 0.375. The summed E-state index contributed by atoms with van der Waals surface area (Å²) in [5.74, 6) is -0.869. The van der Waals surface area contributed by atoms with Crippen LogP contribution in [0, 0.1) is 5.92 Å². The Labute approximate surface area is 235 Å². The Morgan fingerprint density at radius 3 is 2.20 bits per heavy atom. The number of amides is 2. The molecule has 0 heterocycles. The molecule has 40 heavy (non-hydrogen) atoms. The Hall–Kier alpha value is -3.72. The Morgan fingerprint density at radius 2 is 1.52 bits per heavy atom. The molecule has 0 aromatic heterocycles. The molecule has 8 heteroatoms. The van der Waals surface area contributed by atoms with Gasteiger partial charge in [-0.2, -0.15) is 0 Å². The fourth-order valence-electron chi connectivity index (χ4n) is 5.22. The monoisotopic (exact) mass is 546 g/mol. The third kappa shape index (κ3) is 8.14. The van der Waals surface area contributed by atoms with Crippen molar-refractivity contribution in [3.63, 3.8) is 0 Å².